The van der Waals surface area contributed by atoms with Crippen molar-refractivity contribution in [2.45, 2.75) is 12.4 Å². The number of thioether (sulfide) groups is 1. The number of para-hydroxylation sites is 1. The van der Waals surface area contributed by atoms with Crippen LogP contribution in [0, 0.1) is 6.92 Å². The second-order valence-electron chi connectivity index (χ2n) is 5.48. The maximum absolute atomic E-state index is 12.2. The predicted molar refractivity (Wildman–Crippen MR) is 102 cm³/mol. The van der Waals surface area contributed by atoms with Crippen LogP contribution >= 0.6 is 23.4 Å². The lowest BCUT2D eigenvalue weighted by Crippen LogP contribution is -2.31. The van der Waals surface area contributed by atoms with Gasteiger partial charge in [-0.3, -0.25) is 4.79 Å². The Morgan fingerprint density at radius 3 is 2.88 bits per heavy atom. The van der Waals surface area contributed by atoms with E-state index in [-0.39, 0.29) is 17.2 Å². The summed E-state index contributed by atoms with van der Waals surface area (Å²) in [6, 6.07) is 10.7. The Bertz CT molecular complexity index is 854. The van der Waals surface area contributed by atoms with Gasteiger partial charge in [0, 0.05) is 16.3 Å². The molecule has 7 heteroatoms. The predicted octanol–water partition coefficient (Wildman–Crippen LogP) is 3.96. The van der Waals surface area contributed by atoms with E-state index in [1.165, 1.54) is 18.9 Å². The number of amides is 1. The van der Waals surface area contributed by atoms with E-state index in [4.69, 9.17) is 16.3 Å². The van der Waals surface area contributed by atoms with Gasteiger partial charge in [-0.2, -0.15) is 0 Å². The summed E-state index contributed by atoms with van der Waals surface area (Å²) in [6.45, 7) is 1.95. The topological polar surface area (TPSA) is 70.6 Å². The van der Waals surface area contributed by atoms with Crippen LogP contribution in [0.25, 0.3) is 6.08 Å². The molecular weight excluding hydrogens is 360 g/mol. The van der Waals surface area contributed by atoms with Crippen LogP contribution in [0.1, 0.15) is 11.1 Å². The first-order chi connectivity index (χ1) is 12.0. The van der Waals surface area contributed by atoms with Crippen LogP contribution in [-0.4, -0.2) is 23.6 Å². The van der Waals surface area contributed by atoms with Crippen LogP contribution in [0.4, 0.5) is 5.69 Å². The van der Waals surface area contributed by atoms with Crippen molar-refractivity contribution in [1.82, 2.24) is 5.32 Å². The van der Waals surface area contributed by atoms with Crippen LogP contribution in [0.5, 0.6) is 11.5 Å². The number of hydrogen-bond donors (Lipinski definition) is 3. The van der Waals surface area contributed by atoms with Gasteiger partial charge >= 0.3 is 0 Å². The zero-order chi connectivity index (χ0) is 18.0. The van der Waals surface area contributed by atoms with Crippen LogP contribution < -0.4 is 15.4 Å². The molecule has 1 fully saturated rings. The van der Waals surface area contributed by atoms with E-state index < -0.39 is 0 Å². The molecule has 0 saturated carbocycles. The van der Waals surface area contributed by atoms with Crippen LogP contribution in [0.3, 0.4) is 0 Å². The van der Waals surface area contributed by atoms with E-state index in [2.05, 4.69) is 10.6 Å². The highest BCUT2D eigenvalue weighted by Crippen LogP contribution is 2.35. The van der Waals surface area contributed by atoms with Crippen molar-refractivity contribution < 1.29 is 14.6 Å². The largest absolute Gasteiger partial charge is 0.504 e. The maximum atomic E-state index is 12.2. The number of phenols is 1. The summed E-state index contributed by atoms with van der Waals surface area (Å²) in [5.74, 6) is 0.177. The Morgan fingerprint density at radius 1 is 1.36 bits per heavy atom. The lowest BCUT2D eigenvalue weighted by Gasteiger charge is -2.15. The Balaban J connectivity index is 1.78. The molecule has 0 radical (unpaired) electrons. The summed E-state index contributed by atoms with van der Waals surface area (Å²) in [5.41, 5.74) is 2.12. The minimum atomic E-state index is -0.300. The maximum Gasteiger partial charge on any atom is 0.260 e. The SMILES string of the molecule is COc1cccc(/C=C2\SC(Nc3ccc(Cl)cc3C)NC2=O)c1O. The van der Waals surface area contributed by atoms with Crippen molar-refractivity contribution in [3.8, 4) is 11.5 Å². The number of methoxy groups -OCH3 is 1. The minimum absolute atomic E-state index is 0.0101. The summed E-state index contributed by atoms with van der Waals surface area (Å²) in [4.78, 5) is 12.7. The van der Waals surface area contributed by atoms with E-state index in [0.717, 1.165) is 11.3 Å². The summed E-state index contributed by atoms with van der Waals surface area (Å²) in [6.07, 6.45) is 1.65. The van der Waals surface area contributed by atoms with Gasteiger partial charge in [0.2, 0.25) is 0 Å². The second-order valence-corrected chi connectivity index (χ2v) is 7.06. The molecule has 0 aromatic heterocycles. The van der Waals surface area contributed by atoms with Crippen LogP contribution in [0.15, 0.2) is 41.3 Å². The van der Waals surface area contributed by atoms with Crippen molar-refractivity contribution in [3.63, 3.8) is 0 Å². The number of halogens is 1. The van der Waals surface area contributed by atoms with Crippen molar-refractivity contribution in [1.29, 1.82) is 0 Å². The first-order valence-corrected chi connectivity index (χ1v) is 8.81. The summed E-state index contributed by atoms with van der Waals surface area (Å²) >= 11 is 7.31. The second kappa shape index (κ2) is 7.29. The number of benzene rings is 2. The number of hydrogen-bond acceptors (Lipinski definition) is 5. The van der Waals surface area contributed by atoms with E-state index in [0.29, 0.717) is 21.2 Å². The van der Waals surface area contributed by atoms with E-state index in [1.807, 2.05) is 19.1 Å². The Hall–Kier alpha value is -2.31. The number of aryl methyl sites for hydroxylation is 1. The lowest BCUT2D eigenvalue weighted by atomic mass is 10.1. The van der Waals surface area contributed by atoms with Gasteiger partial charge in [-0.1, -0.05) is 35.5 Å². The first-order valence-electron chi connectivity index (χ1n) is 7.56. The molecule has 2 aromatic carbocycles. The van der Waals surface area contributed by atoms with E-state index in [9.17, 15) is 9.90 Å². The van der Waals surface area contributed by atoms with Crippen LogP contribution in [0.2, 0.25) is 5.02 Å². The molecule has 1 saturated heterocycles. The Kier molecular flexibility index (Phi) is 5.11. The number of rotatable bonds is 4. The highest BCUT2D eigenvalue weighted by molar-refractivity contribution is 8.05. The van der Waals surface area contributed by atoms with Gasteiger partial charge in [0.1, 0.15) is 0 Å². The number of phenolic OH excluding ortho intramolecular Hbond substituents is 1. The molecule has 1 aliphatic rings. The van der Waals surface area contributed by atoms with Gasteiger partial charge in [0.15, 0.2) is 17.0 Å². The first kappa shape index (κ1) is 17.5. The third-order valence-electron chi connectivity index (χ3n) is 3.74. The molecule has 25 heavy (non-hydrogen) atoms. The molecule has 2 aromatic rings. The minimum Gasteiger partial charge on any atom is -0.504 e. The van der Waals surface area contributed by atoms with Gasteiger partial charge in [0.25, 0.3) is 5.91 Å². The number of nitrogens with one attached hydrogen (secondary N) is 2. The monoisotopic (exact) mass is 376 g/mol. The molecule has 1 unspecified atom stereocenters. The molecule has 5 nitrogen and oxygen atoms in total. The van der Waals surface area contributed by atoms with Gasteiger partial charge in [-0.25, -0.2) is 0 Å². The fourth-order valence-electron chi connectivity index (χ4n) is 2.46. The normalized spacial score (nSPS) is 18.3. The number of aromatic hydroxyl groups is 1. The molecule has 0 spiro atoms. The zero-order valence-corrected chi connectivity index (χ0v) is 15.2. The lowest BCUT2D eigenvalue weighted by molar-refractivity contribution is -0.116. The van der Waals surface area contributed by atoms with Gasteiger partial charge in [-0.15, -0.1) is 0 Å². The molecule has 1 aliphatic heterocycles. The van der Waals surface area contributed by atoms with Gasteiger partial charge < -0.3 is 20.5 Å². The van der Waals surface area contributed by atoms with Gasteiger partial charge in [0.05, 0.1) is 12.0 Å². The fourth-order valence-corrected chi connectivity index (χ4v) is 3.65. The number of anilines is 1. The quantitative estimate of drug-likeness (QED) is 0.704. The average molecular weight is 377 g/mol. The Morgan fingerprint density at radius 2 is 2.16 bits per heavy atom. The molecule has 3 N–H and O–H groups in total. The molecule has 0 bridgehead atoms. The van der Waals surface area contributed by atoms with E-state index in [1.54, 1.807) is 30.3 Å². The van der Waals surface area contributed by atoms with Crippen molar-refractivity contribution in [3.05, 3.63) is 57.5 Å². The van der Waals surface area contributed by atoms with Crippen molar-refractivity contribution >= 4 is 41.0 Å². The number of carbonyl (C=O) groups excluding carboxylic acids is 1. The van der Waals surface area contributed by atoms with E-state index >= 15 is 0 Å². The summed E-state index contributed by atoms with van der Waals surface area (Å²) in [5, 5.41) is 17.0. The zero-order valence-electron chi connectivity index (χ0n) is 13.7. The summed E-state index contributed by atoms with van der Waals surface area (Å²) < 4.78 is 5.09. The third-order valence-corrected chi connectivity index (χ3v) is 5.01. The van der Waals surface area contributed by atoms with Crippen LogP contribution in [-0.2, 0) is 4.79 Å². The fraction of sp³-hybridized carbons (Fsp3) is 0.167. The Labute approximate surface area is 155 Å². The molecule has 1 amide bonds. The molecular formula is C18H17ClN2O3S. The highest BCUT2D eigenvalue weighted by Gasteiger charge is 2.27. The standard InChI is InChI=1S/C18H17ClN2O3S/c1-10-8-12(19)6-7-13(10)20-18-21-17(23)15(25-18)9-11-4-3-5-14(24-2)16(11)22/h3-9,18,20,22H,1-2H3,(H,21,23)/b15-9-. The summed E-state index contributed by atoms with van der Waals surface area (Å²) in [7, 11) is 1.48. The average Bonchev–Trinajstić information content (AvgIpc) is 2.91. The van der Waals surface area contributed by atoms with Gasteiger partial charge in [-0.05, 0) is 42.8 Å². The third kappa shape index (κ3) is 3.86. The molecule has 1 heterocycles. The van der Waals surface area contributed by atoms with Crippen molar-refractivity contribution in [2.75, 3.05) is 12.4 Å². The molecule has 1 atom stereocenters. The number of ether oxygens (including phenoxy) is 1. The van der Waals surface area contributed by atoms with Crippen molar-refractivity contribution in [2.24, 2.45) is 0 Å². The number of carbonyl (C=O) groups is 1. The molecule has 130 valence electrons. The molecule has 0 aliphatic carbocycles. The molecule has 3 rings (SSSR count). The smallest absolute Gasteiger partial charge is 0.260 e. The highest BCUT2D eigenvalue weighted by atomic mass is 35.5.